The van der Waals surface area contributed by atoms with Gasteiger partial charge in [-0.25, -0.2) is 0 Å². The van der Waals surface area contributed by atoms with Crippen molar-refractivity contribution in [2.24, 2.45) is 5.73 Å². The number of nitrogens with one attached hydrogen (secondary N) is 1. The van der Waals surface area contributed by atoms with Crippen LogP contribution in [0.2, 0.25) is 0 Å². The number of nitrogens with two attached hydrogens (primary N) is 1. The highest BCUT2D eigenvalue weighted by Gasteiger charge is 2.34. The topological polar surface area (TPSA) is 64.4 Å². The van der Waals surface area contributed by atoms with Gasteiger partial charge in [0, 0.05) is 12.1 Å². The number of carbonyl (C=O) groups excluding carboxylic acids is 1. The number of amides is 1. The summed E-state index contributed by atoms with van der Waals surface area (Å²) in [4.78, 5) is 12.1. The molecule has 0 radical (unpaired) electrons. The van der Waals surface area contributed by atoms with Crippen LogP contribution in [0.25, 0.3) is 0 Å². The molecular formula is C13H24N2O2. The van der Waals surface area contributed by atoms with Crippen LogP contribution in [0.4, 0.5) is 0 Å². The smallest absolute Gasteiger partial charge is 0.249 e. The van der Waals surface area contributed by atoms with Crippen molar-refractivity contribution in [3.05, 3.63) is 0 Å². The van der Waals surface area contributed by atoms with Gasteiger partial charge in [-0.3, -0.25) is 4.79 Å². The zero-order valence-electron chi connectivity index (χ0n) is 10.7. The van der Waals surface area contributed by atoms with Crippen molar-refractivity contribution in [3.63, 3.8) is 0 Å². The first-order valence-electron chi connectivity index (χ1n) is 6.80. The van der Waals surface area contributed by atoms with Gasteiger partial charge < -0.3 is 15.8 Å². The Kier molecular flexibility index (Phi) is 4.05. The normalized spacial score (nSPS) is 32.4. The van der Waals surface area contributed by atoms with E-state index in [4.69, 9.17) is 10.5 Å². The average molecular weight is 240 g/mol. The molecule has 4 nitrogen and oxygen atoms in total. The summed E-state index contributed by atoms with van der Waals surface area (Å²) in [6, 6.07) is 0. The Balaban J connectivity index is 1.84. The Labute approximate surface area is 103 Å². The minimum atomic E-state index is -0.276. The average Bonchev–Trinajstić information content (AvgIpc) is 2.78. The van der Waals surface area contributed by atoms with Gasteiger partial charge in [0.1, 0.15) is 6.10 Å². The summed E-state index contributed by atoms with van der Waals surface area (Å²) in [5, 5.41) is 3.18. The third-order valence-corrected chi connectivity index (χ3v) is 4.04. The van der Waals surface area contributed by atoms with Crippen LogP contribution in [0.3, 0.4) is 0 Å². The molecule has 0 aromatic rings. The largest absolute Gasteiger partial charge is 0.364 e. The summed E-state index contributed by atoms with van der Waals surface area (Å²) >= 11 is 0. The molecule has 0 aromatic heterocycles. The Bertz CT molecular complexity index is 275. The first-order valence-corrected chi connectivity index (χ1v) is 6.80. The van der Waals surface area contributed by atoms with Gasteiger partial charge in [-0.2, -0.15) is 0 Å². The molecule has 2 rings (SSSR count). The predicted molar refractivity (Wildman–Crippen MR) is 66.6 cm³/mol. The summed E-state index contributed by atoms with van der Waals surface area (Å²) in [7, 11) is 0. The van der Waals surface area contributed by atoms with Crippen molar-refractivity contribution in [3.8, 4) is 0 Å². The minimum absolute atomic E-state index is 0.0144. The maximum atomic E-state index is 12.1. The summed E-state index contributed by atoms with van der Waals surface area (Å²) in [5.74, 6) is 0.0605. The standard InChI is InChI=1S/C13H24N2O2/c1-13(7-3-2-4-8-13)15-12(16)11-6-5-10(9-14)17-11/h10-11H,2-9,14H2,1H3,(H,15,16)/t10-,11+/m1/s1. The molecule has 98 valence electrons. The fourth-order valence-corrected chi connectivity index (χ4v) is 2.91. The van der Waals surface area contributed by atoms with Gasteiger partial charge >= 0.3 is 0 Å². The third-order valence-electron chi connectivity index (χ3n) is 4.04. The highest BCUT2D eigenvalue weighted by molar-refractivity contribution is 5.81. The molecule has 1 saturated carbocycles. The van der Waals surface area contributed by atoms with Crippen LogP contribution >= 0.6 is 0 Å². The monoisotopic (exact) mass is 240 g/mol. The minimum Gasteiger partial charge on any atom is -0.364 e. The van der Waals surface area contributed by atoms with E-state index in [2.05, 4.69) is 12.2 Å². The van der Waals surface area contributed by atoms with Crippen molar-refractivity contribution < 1.29 is 9.53 Å². The number of hydrogen-bond acceptors (Lipinski definition) is 3. The maximum absolute atomic E-state index is 12.1. The van der Waals surface area contributed by atoms with Gasteiger partial charge in [-0.05, 0) is 32.6 Å². The maximum Gasteiger partial charge on any atom is 0.249 e. The van der Waals surface area contributed by atoms with Gasteiger partial charge in [0.25, 0.3) is 0 Å². The van der Waals surface area contributed by atoms with Crippen LogP contribution < -0.4 is 11.1 Å². The lowest BCUT2D eigenvalue weighted by Gasteiger charge is -2.35. The van der Waals surface area contributed by atoms with Crippen molar-refractivity contribution in [1.29, 1.82) is 0 Å². The highest BCUT2D eigenvalue weighted by Crippen LogP contribution is 2.28. The quantitative estimate of drug-likeness (QED) is 0.782. The lowest BCUT2D eigenvalue weighted by Crippen LogP contribution is -2.50. The van der Waals surface area contributed by atoms with E-state index in [-0.39, 0.29) is 23.7 Å². The van der Waals surface area contributed by atoms with Gasteiger partial charge in [-0.1, -0.05) is 19.3 Å². The molecule has 1 heterocycles. The second-order valence-electron chi connectivity index (χ2n) is 5.67. The zero-order valence-corrected chi connectivity index (χ0v) is 10.7. The molecule has 17 heavy (non-hydrogen) atoms. The van der Waals surface area contributed by atoms with Crippen molar-refractivity contribution in [2.45, 2.75) is 69.6 Å². The molecule has 1 aliphatic heterocycles. The molecular weight excluding hydrogens is 216 g/mol. The molecule has 0 bridgehead atoms. The van der Waals surface area contributed by atoms with Crippen LogP contribution in [0.1, 0.15) is 51.9 Å². The molecule has 0 unspecified atom stereocenters. The Morgan fingerprint density at radius 2 is 2.06 bits per heavy atom. The highest BCUT2D eigenvalue weighted by atomic mass is 16.5. The van der Waals surface area contributed by atoms with E-state index < -0.39 is 0 Å². The van der Waals surface area contributed by atoms with Crippen LogP contribution in [0.5, 0.6) is 0 Å². The first kappa shape index (κ1) is 12.8. The van der Waals surface area contributed by atoms with E-state index in [0.29, 0.717) is 6.54 Å². The van der Waals surface area contributed by atoms with E-state index in [1.54, 1.807) is 0 Å². The number of hydrogen-bond donors (Lipinski definition) is 2. The van der Waals surface area contributed by atoms with Crippen LogP contribution in [-0.2, 0) is 9.53 Å². The molecule has 2 fully saturated rings. The van der Waals surface area contributed by atoms with Crippen LogP contribution in [0.15, 0.2) is 0 Å². The Morgan fingerprint density at radius 1 is 1.35 bits per heavy atom. The second kappa shape index (κ2) is 5.36. The summed E-state index contributed by atoms with van der Waals surface area (Å²) in [6.45, 7) is 2.67. The fraction of sp³-hybridized carbons (Fsp3) is 0.923. The summed E-state index contributed by atoms with van der Waals surface area (Å²) < 4.78 is 5.62. The molecule has 0 aromatic carbocycles. The molecule has 2 atom stereocenters. The Morgan fingerprint density at radius 3 is 2.65 bits per heavy atom. The zero-order chi connectivity index (χ0) is 12.3. The number of carbonyl (C=O) groups is 1. The van der Waals surface area contributed by atoms with Gasteiger partial charge in [0.2, 0.25) is 5.91 Å². The number of rotatable bonds is 3. The van der Waals surface area contributed by atoms with E-state index >= 15 is 0 Å². The lowest BCUT2D eigenvalue weighted by atomic mass is 9.83. The van der Waals surface area contributed by atoms with E-state index in [1.165, 1.54) is 19.3 Å². The number of ether oxygens (including phenoxy) is 1. The Hall–Kier alpha value is -0.610. The van der Waals surface area contributed by atoms with Gasteiger partial charge in [0.05, 0.1) is 6.10 Å². The van der Waals surface area contributed by atoms with Crippen LogP contribution in [-0.4, -0.2) is 30.2 Å². The van der Waals surface area contributed by atoms with Crippen LogP contribution in [0, 0.1) is 0 Å². The van der Waals surface area contributed by atoms with Gasteiger partial charge in [-0.15, -0.1) is 0 Å². The van der Waals surface area contributed by atoms with Gasteiger partial charge in [0.15, 0.2) is 0 Å². The molecule has 1 saturated heterocycles. The second-order valence-corrected chi connectivity index (χ2v) is 5.67. The lowest BCUT2D eigenvalue weighted by molar-refractivity contribution is -0.134. The molecule has 0 spiro atoms. The van der Waals surface area contributed by atoms with E-state index in [1.807, 2.05) is 0 Å². The van der Waals surface area contributed by atoms with Crippen molar-refractivity contribution in [2.75, 3.05) is 6.54 Å². The predicted octanol–water partition coefficient (Wildman–Crippen LogP) is 1.33. The summed E-state index contributed by atoms with van der Waals surface area (Å²) in [5.41, 5.74) is 5.54. The fourth-order valence-electron chi connectivity index (χ4n) is 2.91. The third kappa shape index (κ3) is 3.19. The molecule has 4 heteroatoms. The first-order chi connectivity index (χ1) is 8.13. The van der Waals surface area contributed by atoms with Crippen molar-refractivity contribution in [1.82, 2.24) is 5.32 Å². The molecule has 2 aliphatic rings. The molecule has 1 amide bonds. The van der Waals surface area contributed by atoms with Crippen molar-refractivity contribution >= 4 is 5.91 Å². The molecule has 1 aliphatic carbocycles. The molecule has 3 N–H and O–H groups in total. The van der Waals surface area contributed by atoms with E-state index in [0.717, 1.165) is 25.7 Å². The SMILES string of the molecule is CC1(NC(=O)[C@@H]2CC[C@H](CN)O2)CCCCC1. The summed E-state index contributed by atoms with van der Waals surface area (Å²) in [6.07, 6.45) is 7.42. The van der Waals surface area contributed by atoms with E-state index in [9.17, 15) is 4.79 Å².